The molecule has 0 spiro atoms. The van der Waals surface area contributed by atoms with Crippen LogP contribution in [0.4, 0.5) is 10.3 Å². The molecular formula is C16H21FN2O. The van der Waals surface area contributed by atoms with Crippen molar-refractivity contribution in [3.8, 4) is 11.1 Å². The molecule has 4 heteroatoms. The predicted octanol–water partition coefficient (Wildman–Crippen LogP) is 4.75. The standard InChI is InChI=1S/C16H21FN2O/c1-3-7-11(8-4-2)15-14(16(18)20-19-15)12-9-5-6-10-13(12)17/h5-6,9-11H,3-4,7-8,18H2,1-2H3. The van der Waals surface area contributed by atoms with Crippen LogP contribution in [0.25, 0.3) is 11.1 Å². The molecule has 1 aromatic carbocycles. The van der Waals surface area contributed by atoms with Gasteiger partial charge in [-0.1, -0.05) is 50.0 Å². The van der Waals surface area contributed by atoms with Crippen LogP contribution in [0.15, 0.2) is 28.8 Å². The molecule has 0 aliphatic carbocycles. The fourth-order valence-electron chi connectivity index (χ4n) is 2.64. The molecule has 108 valence electrons. The smallest absolute Gasteiger partial charge is 0.230 e. The highest BCUT2D eigenvalue weighted by atomic mass is 19.1. The van der Waals surface area contributed by atoms with E-state index >= 15 is 0 Å². The molecule has 0 unspecified atom stereocenters. The van der Waals surface area contributed by atoms with E-state index in [1.807, 2.05) is 0 Å². The summed E-state index contributed by atoms with van der Waals surface area (Å²) < 4.78 is 19.2. The van der Waals surface area contributed by atoms with Crippen LogP contribution >= 0.6 is 0 Å². The molecule has 2 aromatic rings. The summed E-state index contributed by atoms with van der Waals surface area (Å²) in [5.41, 5.74) is 7.76. The molecule has 20 heavy (non-hydrogen) atoms. The van der Waals surface area contributed by atoms with Gasteiger partial charge in [0.2, 0.25) is 5.88 Å². The molecule has 0 radical (unpaired) electrons. The lowest BCUT2D eigenvalue weighted by Gasteiger charge is -2.14. The Morgan fingerprint density at radius 1 is 1.20 bits per heavy atom. The third kappa shape index (κ3) is 2.84. The number of anilines is 1. The third-order valence-corrected chi connectivity index (χ3v) is 3.55. The van der Waals surface area contributed by atoms with Crippen LogP contribution in [-0.2, 0) is 0 Å². The Labute approximate surface area is 119 Å². The highest BCUT2D eigenvalue weighted by Crippen LogP contribution is 2.38. The van der Waals surface area contributed by atoms with Crippen molar-refractivity contribution in [2.45, 2.75) is 45.4 Å². The van der Waals surface area contributed by atoms with Gasteiger partial charge in [0.1, 0.15) is 5.82 Å². The van der Waals surface area contributed by atoms with Gasteiger partial charge >= 0.3 is 0 Å². The molecule has 0 aliphatic heterocycles. The first-order chi connectivity index (χ1) is 9.69. The van der Waals surface area contributed by atoms with Gasteiger partial charge in [0, 0.05) is 11.5 Å². The van der Waals surface area contributed by atoms with Crippen LogP contribution in [0.5, 0.6) is 0 Å². The number of benzene rings is 1. The SMILES string of the molecule is CCCC(CCC)c1noc(N)c1-c1ccccc1F. The summed E-state index contributed by atoms with van der Waals surface area (Å²) in [6.07, 6.45) is 4.10. The zero-order valence-corrected chi connectivity index (χ0v) is 12.0. The average molecular weight is 276 g/mol. The van der Waals surface area contributed by atoms with Gasteiger partial charge in [-0.15, -0.1) is 0 Å². The van der Waals surface area contributed by atoms with Crippen molar-refractivity contribution in [2.75, 3.05) is 5.73 Å². The molecule has 1 aromatic heterocycles. The van der Waals surface area contributed by atoms with E-state index in [0.29, 0.717) is 11.1 Å². The summed E-state index contributed by atoms with van der Waals surface area (Å²) in [5, 5.41) is 4.10. The van der Waals surface area contributed by atoms with Gasteiger partial charge in [-0.05, 0) is 18.9 Å². The van der Waals surface area contributed by atoms with Crippen molar-refractivity contribution in [2.24, 2.45) is 0 Å². The van der Waals surface area contributed by atoms with E-state index in [1.165, 1.54) is 6.07 Å². The van der Waals surface area contributed by atoms with E-state index in [2.05, 4.69) is 19.0 Å². The minimum Gasteiger partial charge on any atom is -0.367 e. The summed E-state index contributed by atoms with van der Waals surface area (Å²) in [4.78, 5) is 0. The molecule has 0 amide bonds. The van der Waals surface area contributed by atoms with Gasteiger partial charge in [0.05, 0.1) is 11.3 Å². The second kappa shape index (κ2) is 6.55. The molecular weight excluding hydrogens is 255 g/mol. The average Bonchev–Trinajstić information content (AvgIpc) is 2.81. The van der Waals surface area contributed by atoms with Gasteiger partial charge in [0.25, 0.3) is 0 Å². The van der Waals surface area contributed by atoms with Crippen molar-refractivity contribution >= 4 is 5.88 Å². The Hall–Kier alpha value is -1.84. The zero-order chi connectivity index (χ0) is 14.5. The quantitative estimate of drug-likeness (QED) is 0.828. The highest BCUT2D eigenvalue weighted by molar-refractivity contribution is 5.76. The van der Waals surface area contributed by atoms with E-state index in [4.69, 9.17) is 10.3 Å². The Kier molecular flexibility index (Phi) is 4.77. The first-order valence-electron chi connectivity index (χ1n) is 7.18. The molecule has 3 nitrogen and oxygen atoms in total. The van der Waals surface area contributed by atoms with E-state index in [0.717, 1.165) is 31.4 Å². The summed E-state index contributed by atoms with van der Waals surface area (Å²) in [5.74, 6) is 0.165. The number of halogens is 1. The first kappa shape index (κ1) is 14.6. The summed E-state index contributed by atoms with van der Waals surface area (Å²) in [6, 6.07) is 6.61. The number of nitrogens with zero attached hydrogens (tertiary/aromatic N) is 1. The largest absolute Gasteiger partial charge is 0.367 e. The molecule has 0 saturated heterocycles. The van der Waals surface area contributed by atoms with Gasteiger partial charge in [-0.2, -0.15) is 0 Å². The molecule has 0 saturated carbocycles. The van der Waals surface area contributed by atoms with Crippen LogP contribution < -0.4 is 5.73 Å². The lowest BCUT2D eigenvalue weighted by molar-refractivity contribution is 0.411. The molecule has 0 fully saturated rings. The Morgan fingerprint density at radius 2 is 1.85 bits per heavy atom. The molecule has 0 atom stereocenters. The monoisotopic (exact) mass is 276 g/mol. The van der Waals surface area contributed by atoms with Crippen molar-refractivity contribution in [1.29, 1.82) is 0 Å². The topological polar surface area (TPSA) is 52.0 Å². The molecule has 0 bridgehead atoms. The molecule has 2 rings (SSSR count). The van der Waals surface area contributed by atoms with Crippen LogP contribution in [0, 0.1) is 5.82 Å². The number of hydrogen-bond donors (Lipinski definition) is 1. The summed E-state index contributed by atoms with van der Waals surface area (Å²) >= 11 is 0. The number of aromatic nitrogens is 1. The van der Waals surface area contributed by atoms with Crippen LogP contribution in [0.2, 0.25) is 0 Å². The van der Waals surface area contributed by atoms with Crippen LogP contribution in [0.3, 0.4) is 0 Å². The molecule has 0 aliphatic rings. The molecule has 2 N–H and O–H groups in total. The maximum absolute atomic E-state index is 14.0. The van der Waals surface area contributed by atoms with Crippen molar-refractivity contribution in [1.82, 2.24) is 5.16 Å². The Balaban J connectivity index is 2.48. The number of nitrogens with two attached hydrogens (primary N) is 1. The van der Waals surface area contributed by atoms with Crippen molar-refractivity contribution in [3.63, 3.8) is 0 Å². The summed E-state index contributed by atoms with van der Waals surface area (Å²) in [7, 11) is 0. The van der Waals surface area contributed by atoms with Crippen LogP contribution in [-0.4, -0.2) is 5.16 Å². The fourth-order valence-corrected chi connectivity index (χ4v) is 2.64. The number of rotatable bonds is 6. The maximum atomic E-state index is 14.0. The fraction of sp³-hybridized carbons (Fsp3) is 0.438. The minimum absolute atomic E-state index is 0.197. The lowest BCUT2D eigenvalue weighted by Crippen LogP contribution is -2.02. The van der Waals surface area contributed by atoms with Crippen molar-refractivity contribution in [3.05, 3.63) is 35.8 Å². The second-order valence-electron chi connectivity index (χ2n) is 5.06. The minimum atomic E-state index is -0.296. The van der Waals surface area contributed by atoms with Gasteiger partial charge in [0.15, 0.2) is 0 Å². The Bertz CT molecular complexity index is 559. The van der Waals surface area contributed by atoms with Gasteiger partial charge in [-0.25, -0.2) is 4.39 Å². The number of hydrogen-bond acceptors (Lipinski definition) is 3. The molecule has 1 heterocycles. The number of nitrogen functional groups attached to an aromatic ring is 1. The van der Waals surface area contributed by atoms with E-state index in [1.54, 1.807) is 18.2 Å². The highest BCUT2D eigenvalue weighted by Gasteiger charge is 2.24. The maximum Gasteiger partial charge on any atom is 0.230 e. The van der Waals surface area contributed by atoms with E-state index in [-0.39, 0.29) is 17.6 Å². The van der Waals surface area contributed by atoms with Crippen LogP contribution in [0.1, 0.15) is 51.1 Å². The zero-order valence-electron chi connectivity index (χ0n) is 12.0. The Morgan fingerprint density at radius 3 is 2.45 bits per heavy atom. The third-order valence-electron chi connectivity index (χ3n) is 3.55. The first-order valence-corrected chi connectivity index (χ1v) is 7.18. The van der Waals surface area contributed by atoms with Gasteiger partial charge < -0.3 is 10.3 Å². The summed E-state index contributed by atoms with van der Waals surface area (Å²) in [6.45, 7) is 4.27. The van der Waals surface area contributed by atoms with Crippen molar-refractivity contribution < 1.29 is 8.91 Å². The predicted molar refractivity (Wildman–Crippen MR) is 78.9 cm³/mol. The normalized spacial score (nSPS) is 11.2. The van der Waals surface area contributed by atoms with Gasteiger partial charge in [-0.3, -0.25) is 0 Å². The van der Waals surface area contributed by atoms with E-state index < -0.39 is 0 Å². The second-order valence-corrected chi connectivity index (χ2v) is 5.06. The lowest BCUT2D eigenvalue weighted by atomic mass is 9.90. The van der Waals surface area contributed by atoms with E-state index in [9.17, 15) is 4.39 Å².